The molecule has 1 aromatic rings. The van der Waals surface area contributed by atoms with Crippen LogP contribution in [-0.2, 0) is 10.0 Å². The van der Waals surface area contributed by atoms with Crippen molar-refractivity contribution in [3.63, 3.8) is 0 Å². The lowest BCUT2D eigenvalue weighted by atomic mass is 10.3. The molecule has 0 aliphatic carbocycles. The van der Waals surface area contributed by atoms with E-state index < -0.39 is 26.6 Å². The maximum atomic E-state index is 13.7. The summed E-state index contributed by atoms with van der Waals surface area (Å²) in [5, 5.41) is 3.35. The van der Waals surface area contributed by atoms with Crippen molar-refractivity contribution in [2.75, 3.05) is 33.2 Å². The molecule has 1 N–H and O–H groups in total. The molecule has 1 heterocycles. The molecule has 1 fully saturated rings. The van der Waals surface area contributed by atoms with Crippen LogP contribution in [0.2, 0.25) is 0 Å². The molecule has 0 atom stereocenters. The van der Waals surface area contributed by atoms with Crippen LogP contribution in [0.3, 0.4) is 0 Å². The summed E-state index contributed by atoms with van der Waals surface area (Å²) in [6, 6.07) is 2.40. The quantitative estimate of drug-likeness (QED) is 0.810. The van der Waals surface area contributed by atoms with E-state index in [1.807, 2.05) is 4.90 Å². The third kappa shape index (κ3) is 3.30. The van der Waals surface area contributed by atoms with Gasteiger partial charge in [0.05, 0.1) is 0 Å². The minimum atomic E-state index is -4.04. The minimum Gasteiger partial charge on any atom is -0.366 e. The van der Waals surface area contributed by atoms with Gasteiger partial charge in [0.1, 0.15) is 16.5 Å². The van der Waals surface area contributed by atoms with Crippen LogP contribution in [0, 0.1) is 11.6 Å². The van der Waals surface area contributed by atoms with E-state index in [1.165, 1.54) is 0 Å². The summed E-state index contributed by atoms with van der Waals surface area (Å²) >= 11 is 5.08. The van der Waals surface area contributed by atoms with Gasteiger partial charge in [0, 0.05) is 33.2 Å². The van der Waals surface area contributed by atoms with Gasteiger partial charge in [-0.2, -0.15) is 4.31 Å². The summed E-state index contributed by atoms with van der Waals surface area (Å²) in [4.78, 5) is 1.19. The highest BCUT2D eigenvalue weighted by atomic mass is 32.2. The number of sulfonamides is 1. The Hall–Kier alpha value is -1.32. The Morgan fingerprint density at radius 2 is 1.86 bits per heavy atom. The number of hydrogen-bond acceptors (Lipinski definition) is 3. The Morgan fingerprint density at radius 1 is 1.24 bits per heavy atom. The van der Waals surface area contributed by atoms with Gasteiger partial charge in [-0.1, -0.05) is 0 Å². The van der Waals surface area contributed by atoms with Crippen LogP contribution in [-0.4, -0.2) is 56.0 Å². The number of hydrogen-bond donors (Lipinski definition) is 1. The van der Waals surface area contributed by atoms with Gasteiger partial charge in [0.15, 0.2) is 5.11 Å². The number of nitrogens with one attached hydrogen (secondary N) is 1. The Morgan fingerprint density at radius 3 is 2.43 bits per heavy atom. The zero-order valence-corrected chi connectivity index (χ0v) is 13.0. The molecule has 1 aliphatic rings. The topological polar surface area (TPSA) is 52.6 Å². The fraction of sp³-hybridized carbons (Fsp3) is 0.417. The van der Waals surface area contributed by atoms with Crippen molar-refractivity contribution in [3.8, 4) is 0 Å². The first-order valence-electron chi connectivity index (χ1n) is 6.28. The number of thiocarbonyl (C=S) groups is 1. The van der Waals surface area contributed by atoms with E-state index in [1.54, 1.807) is 7.05 Å². The van der Waals surface area contributed by atoms with Gasteiger partial charge in [0.2, 0.25) is 10.0 Å². The summed E-state index contributed by atoms with van der Waals surface area (Å²) < 4.78 is 52.7. The van der Waals surface area contributed by atoms with E-state index in [0.717, 1.165) is 16.4 Å². The van der Waals surface area contributed by atoms with Gasteiger partial charge < -0.3 is 10.2 Å². The summed E-state index contributed by atoms with van der Waals surface area (Å²) in [5.74, 6) is -1.74. The molecule has 0 spiro atoms. The number of nitrogens with zero attached hydrogens (tertiary/aromatic N) is 2. The maximum absolute atomic E-state index is 13.7. The molecule has 5 nitrogen and oxygen atoms in total. The zero-order valence-electron chi connectivity index (χ0n) is 11.3. The van der Waals surface area contributed by atoms with Gasteiger partial charge in [0.25, 0.3) is 0 Å². The molecule has 0 saturated carbocycles. The van der Waals surface area contributed by atoms with Crippen molar-refractivity contribution in [1.82, 2.24) is 14.5 Å². The van der Waals surface area contributed by atoms with Crippen molar-refractivity contribution < 1.29 is 17.2 Å². The third-order valence-electron chi connectivity index (χ3n) is 3.25. The number of halogens is 2. The molecule has 0 amide bonds. The second kappa shape index (κ2) is 6.20. The van der Waals surface area contributed by atoms with Gasteiger partial charge in [-0.3, -0.25) is 0 Å². The molecule has 1 aliphatic heterocycles. The molecule has 2 rings (SSSR count). The van der Waals surface area contributed by atoms with Crippen molar-refractivity contribution >= 4 is 27.4 Å². The molecule has 1 aromatic carbocycles. The highest BCUT2D eigenvalue weighted by Crippen LogP contribution is 2.21. The maximum Gasteiger partial charge on any atom is 0.246 e. The molecular weight excluding hydrogens is 320 g/mol. The largest absolute Gasteiger partial charge is 0.366 e. The number of benzene rings is 1. The van der Waals surface area contributed by atoms with E-state index >= 15 is 0 Å². The predicted octanol–water partition coefficient (Wildman–Crippen LogP) is 0.775. The molecule has 21 heavy (non-hydrogen) atoms. The van der Waals surface area contributed by atoms with E-state index in [0.29, 0.717) is 24.3 Å². The predicted molar refractivity (Wildman–Crippen MR) is 78.3 cm³/mol. The zero-order chi connectivity index (χ0) is 15.6. The van der Waals surface area contributed by atoms with Gasteiger partial charge >= 0.3 is 0 Å². The standard InChI is InChI=1S/C12H15F2N3O2S2/c1-15-12(20)16-4-6-17(7-5-16)21(18,19)11-8-9(13)2-3-10(11)14/h2-3,8H,4-7H2,1H3,(H,15,20). The summed E-state index contributed by atoms with van der Waals surface area (Å²) in [5.41, 5.74) is 0. The lowest BCUT2D eigenvalue weighted by molar-refractivity contribution is 0.264. The van der Waals surface area contributed by atoms with Crippen LogP contribution in [0.15, 0.2) is 23.1 Å². The van der Waals surface area contributed by atoms with Gasteiger partial charge in [-0.05, 0) is 30.4 Å². The van der Waals surface area contributed by atoms with Crippen LogP contribution in [0.25, 0.3) is 0 Å². The Kier molecular flexibility index (Phi) is 4.74. The lowest BCUT2D eigenvalue weighted by Gasteiger charge is -2.35. The van der Waals surface area contributed by atoms with Gasteiger partial charge in [-0.25, -0.2) is 17.2 Å². The smallest absolute Gasteiger partial charge is 0.246 e. The summed E-state index contributed by atoms with van der Waals surface area (Å²) in [7, 11) is -2.36. The second-order valence-corrected chi connectivity index (χ2v) is 6.81. The second-order valence-electron chi connectivity index (χ2n) is 4.52. The third-order valence-corrected chi connectivity index (χ3v) is 5.63. The lowest BCUT2D eigenvalue weighted by Crippen LogP contribution is -2.52. The molecule has 0 unspecified atom stereocenters. The molecular formula is C12H15F2N3O2S2. The van der Waals surface area contributed by atoms with Crippen molar-refractivity contribution in [1.29, 1.82) is 0 Å². The molecule has 0 bridgehead atoms. The van der Waals surface area contributed by atoms with E-state index in [4.69, 9.17) is 12.2 Å². The highest BCUT2D eigenvalue weighted by Gasteiger charge is 2.31. The molecule has 9 heteroatoms. The van der Waals surface area contributed by atoms with Crippen LogP contribution in [0.4, 0.5) is 8.78 Å². The first-order valence-corrected chi connectivity index (χ1v) is 8.13. The molecule has 0 radical (unpaired) electrons. The van der Waals surface area contributed by atoms with E-state index in [-0.39, 0.29) is 13.1 Å². The van der Waals surface area contributed by atoms with Crippen LogP contribution < -0.4 is 5.32 Å². The van der Waals surface area contributed by atoms with Crippen LogP contribution in [0.5, 0.6) is 0 Å². The van der Waals surface area contributed by atoms with Gasteiger partial charge in [-0.15, -0.1) is 0 Å². The van der Waals surface area contributed by atoms with Crippen molar-refractivity contribution in [3.05, 3.63) is 29.8 Å². The average molecular weight is 335 g/mol. The molecule has 116 valence electrons. The van der Waals surface area contributed by atoms with Crippen LogP contribution >= 0.6 is 12.2 Å². The first kappa shape index (κ1) is 16.1. The Labute approximate surface area is 127 Å². The Balaban J connectivity index is 2.19. The van der Waals surface area contributed by atoms with Crippen molar-refractivity contribution in [2.45, 2.75) is 4.90 Å². The normalized spacial score (nSPS) is 16.8. The SMILES string of the molecule is CNC(=S)N1CCN(S(=O)(=O)c2cc(F)ccc2F)CC1. The fourth-order valence-corrected chi connectivity index (χ4v) is 3.78. The van der Waals surface area contributed by atoms with E-state index in [2.05, 4.69) is 5.32 Å². The van der Waals surface area contributed by atoms with Crippen LogP contribution in [0.1, 0.15) is 0 Å². The molecule has 0 aromatic heterocycles. The monoisotopic (exact) mass is 335 g/mol. The average Bonchev–Trinajstić information content (AvgIpc) is 2.49. The van der Waals surface area contributed by atoms with Crippen molar-refractivity contribution in [2.24, 2.45) is 0 Å². The molecule has 1 saturated heterocycles. The first-order chi connectivity index (χ1) is 9.86. The minimum absolute atomic E-state index is 0.167. The summed E-state index contributed by atoms with van der Waals surface area (Å²) in [6.45, 7) is 1.13. The number of piperazine rings is 1. The number of rotatable bonds is 2. The highest BCUT2D eigenvalue weighted by molar-refractivity contribution is 7.89. The Bertz CT molecular complexity index is 644. The summed E-state index contributed by atoms with van der Waals surface area (Å²) in [6.07, 6.45) is 0. The fourth-order valence-electron chi connectivity index (χ4n) is 2.10. The van der Waals surface area contributed by atoms with E-state index in [9.17, 15) is 17.2 Å².